The van der Waals surface area contributed by atoms with E-state index in [-0.39, 0.29) is 11.9 Å². The van der Waals surface area contributed by atoms with Gasteiger partial charge < -0.3 is 5.32 Å². The van der Waals surface area contributed by atoms with Crippen molar-refractivity contribution in [2.75, 3.05) is 0 Å². The van der Waals surface area contributed by atoms with Crippen LogP contribution in [0.15, 0.2) is 73.4 Å². The van der Waals surface area contributed by atoms with Gasteiger partial charge in [0.05, 0.1) is 35.7 Å². The van der Waals surface area contributed by atoms with E-state index in [1.165, 1.54) is 6.33 Å². The van der Waals surface area contributed by atoms with Gasteiger partial charge in [-0.05, 0) is 36.6 Å². The van der Waals surface area contributed by atoms with Crippen molar-refractivity contribution in [1.82, 2.24) is 29.9 Å². The largest absolute Gasteiger partial charge is 0.345 e. The normalized spacial score (nSPS) is 11.9. The van der Waals surface area contributed by atoms with Crippen LogP contribution in [-0.2, 0) is 13.0 Å². The van der Waals surface area contributed by atoms with E-state index >= 15 is 0 Å². The lowest BCUT2D eigenvalue weighted by Gasteiger charge is -2.15. The number of benzene rings is 2. The molecule has 2 aromatic carbocycles. The van der Waals surface area contributed by atoms with Gasteiger partial charge in [-0.3, -0.25) is 9.48 Å². The van der Waals surface area contributed by atoms with Crippen molar-refractivity contribution < 1.29 is 4.79 Å². The molecule has 2 aromatic heterocycles. The first-order valence-electron chi connectivity index (χ1n) is 10.00. The minimum absolute atomic E-state index is 0.112. The quantitative estimate of drug-likeness (QED) is 0.514. The predicted molar refractivity (Wildman–Crippen MR) is 114 cm³/mol. The van der Waals surface area contributed by atoms with Crippen molar-refractivity contribution in [1.29, 1.82) is 0 Å². The molecule has 0 saturated heterocycles. The minimum Gasteiger partial charge on any atom is -0.345 e. The van der Waals surface area contributed by atoms with Gasteiger partial charge in [0.2, 0.25) is 0 Å². The topological polar surface area (TPSA) is 77.6 Å². The molecule has 0 bridgehead atoms. The number of carbonyl (C=O) groups excluding carboxylic acids is 1. The molecule has 4 rings (SSSR count). The number of hydrogen-bond donors (Lipinski definition) is 1. The molecule has 1 amide bonds. The van der Waals surface area contributed by atoms with Crippen LogP contribution in [0, 0.1) is 0 Å². The first-order valence-corrected chi connectivity index (χ1v) is 10.00. The van der Waals surface area contributed by atoms with Crippen LogP contribution in [0.4, 0.5) is 0 Å². The number of carbonyl (C=O) groups is 1. The number of hydrogen-bond acceptors (Lipinski definition) is 4. The summed E-state index contributed by atoms with van der Waals surface area (Å²) >= 11 is 0. The van der Waals surface area contributed by atoms with E-state index in [1.54, 1.807) is 17.2 Å². The van der Waals surface area contributed by atoms with Crippen molar-refractivity contribution in [2.24, 2.45) is 0 Å². The second-order valence-electron chi connectivity index (χ2n) is 7.13. The van der Waals surface area contributed by atoms with Gasteiger partial charge in [0.25, 0.3) is 5.91 Å². The van der Waals surface area contributed by atoms with Gasteiger partial charge in [-0.1, -0.05) is 49.4 Å². The van der Waals surface area contributed by atoms with Gasteiger partial charge in [-0.15, -0.1) is 0 Å². The van der Waals surface area contributed by atoms with Gasteiger partial charge in [0, 0.05) is 0 Å². The Morgan fingerprint density at radius 1 is 1.07 bits per heavy atom. The summed E-state index contributed by atoms with van der Waals surface area (Å²) in [6, 6.07) is 17.9. The first-order chi connectivity index (χ1) is 14.7. The summed E-state index contributed by atoms with van der Waals surface area (Å²) in [6.07, 6.45) is 5.55. The molecule has 0 fully saturated rings. The van der Waals surface area contributed by atoms with Crippen molar-refractivity contribution >= 4 is 5.91 Å². The van der Waals surface area contributed by atoms with Crippen LogP contribution in [0.1, 0.15) is 47.1 Å². The molecule has 1 unspecified atom stereocenters. The standard InChI is InChI=1S/C23H24N6O/c1-3-22-21(13-25-28(22)14-18-7-5-4-6-8-18)23(30)27-17(2)19-9-11-20(12-10-19)29-16-24-15-26-29/h4-13,15-17H,3,14H2,1-2H3,(H,27,30). The van der Waals surface area contributed by atoms with Crippen LogP contribution in [-0.4, -0.2) is 30.5 Å². The third-order valence-corrected chi connectivity index (χ3v) is 5.13. The van der Waals surface area contributed by atoms with Gasteiger partial charge in [-0.25, -0.2) is 9.67 Å². The number of nitrogens with one attached hydrogen (secondary N) is 1. The Bertz CT molecular complexity index is 1100. The molecule has 0 saturated carbocycles. The van der Waals surface area contributed by atoms with Crippen LogP contribution in [0.2, 0.25) is 0 Å². The Balaban J connectivity index is 1.47. The molecule has 0 aliphatic heterocycles. The molecule has 0 spiro atoms. The second-order valence-corrected chi connectivity index (χ2v) is 7.13. The highest BCUT2D eigenvalue weighted by molar-refractivity contribution is 5.95. The Morgan fingerprint density at radius 3 is 2.50 bits per heavy atom. The van der Waals surface area contributed by atoms with E-state index in [0.29, 0.717) is 12.1 Å². The fraction of sp³-hybridized carbons (Fsp3) is 0.217. The highest BCUT2D eigenvalue weighted by Gasteiger charge is 2.18. The van der Waals surface area contributed by atoms with E-state index in [4.69, 9.17) is 0 Å². The lowest BCUT2D eigenvalue weighted by Crippen LogP contribution is -2.27. The third kappa shape index (κ3) is 4.15. The van der Waals surface area contributed by atoms with Crippen molar-refractivity contribution in [2.45, 2.75) is 32.9 Å². The lowest BCUT2D eigenvalue weighted by atomic mass is 10.1. The third-order valence-electron chi connectivity index (χ3n) is 5.13. The van der Waals surface area contributed by atoms with Gasteiger partial charge in [0.1, 0.15) is 12.7 Å². The fourth-order valence-corrected chi connectivity index (χ4v) is 3.48. The average molecular weight is 400 g/mol. The molecule has 2 heterocycles. The Labute approximate surface area is 175 Å². The molecular formula is C23H24N6O. The SMILES string of the molecule is CCc1c(C(=O)NC(C)c2ccc(-n3cncn3)cc2)cnn1Cc1ccccc1. The van der Waals surface area contributed by atoms with Crippen LogP contribution in [0.25, 0.3) is 5.69 Å². The summed E-state index contributed by atoms with van der Waals surface area (Å²) in [5.74, 6) is -0.112. The first kappa shape index (κ1) is 19.6. The molecule has 30 heavy (non-hydrogen) atoms. The lowest BCUT2D eigenvalue weighted by molar-refractivity contribution is 0.0939. The molecule has 7 nitrogen and oxygen atoms in total. The monoisotopic (exact) mass is 400 g/mol. The Hall–Kier alpha value is -3.74. The second kappa shape index (κ2) is 8.73. The van der Waals surface area contributed by atoms with Crippen LogP contribution >= 0.6 is 0 Å². The number of rotatable bonds is 7. The molecule has 1 atom stereocenters. The maximum atomic E-state index is 12.9. The molecule has 7 heteroatoms. The Morgan fingerprint density at radius 2 is 1.83 bits per heavy atom. The molecular weight excluding hydrogens is 376 g/mol. The van der Waals surface area contributed by atoms with Crippen molar-refractivity contribution in [3.8, 4) is 5.69 Å². The summed E-state index contributed by atoms with van der Waals surface area (Å²) < 4.78 is 3.60. The zero-order valence-electron chi connectivity index (χ0n) is 17.1. The number of amides is 1. The van der Waals surface area contributed by atoms with E-state index < -0.39 is 0 Å². The molecule has 0 radical (unpaired) electrons. The van der Waals surface area contributed by atoms with Crippen LogP contribution in [0.3, 0.4) is 0 Å². The predicted octanol–water partition coefficient (Wildman–Crippen LogP) is 3.57. The smallest absolute Gasteiger partial charge is 0.255 e. The highest BCUT2D eigenvalue weighted by Crippen LogP contribution is 2.18. The van der Waals surface area contributed by atoms with Crippen LogP contribution < -0.4 is 5.32 Å². The van der Waals surface area contributed by atoms with Crippen molar-refractivity contribution in [3.63, 3.8) is 0 Å². The summed E-state index contributed by atoms with van der Waals surface area (Å²) in [5, 5.41) is 11.7. The zero-order chi connectivity index (χ0) is 20.9. The number of nitrogens with zero attached hydrogens (tertiary/aromatic N) is 5. The van der Waals surface area contributed by atoms with Crippen LogP contribution in [0.5, 0.6) is 0 Å². The summed E-state index contributed by atoms with van der Waals surface area (Å²) in [5.41, 5.74) is 4.65. The minimum atomic E-state index is -0.135. The van der Waals surface area contributed by atoms with E-state index in [9.17, 15) is 4.79 Å². The molecule has 0 aliphatic carbocycles. The van der Waals surface area contributed by atoms with E-state index in [0.717, 1.165) is 28.9 Å². The summed E-state index contributed by atoms with van der Waals surface area (Å²) in [7, 11) is 0. The van der Waals surface area contributed by atoms with Gasteiger partial charge >= 0.3 is 0 Å². The molecule has 1 N–H and O–H groups in total. The van der Waals surface area contributed by atoms with E-state index in [2.05, 4.69) is 32.6 Å². The average Bonchev–Trinajstić information content (AvgIpc) is 3.44. The maximum Gasteiger partial charge on any atom is 0.255 e. The molecule has 4 aromatic rings. The van der Waals surface area contributed by atoms with Gasteiger partial charge in [-0.2, -0.15) is 10.2 Å². The fourth-order valence-electron chi connectivity index (χ4n) is 3.48. The Kier molecular flexibility index (Phi) is 5.70. The molecule has 152 valence electrons. The maximum absolute atomic E-state index is 12.9. The summed E-state index contributed by atoms with van der Waals surface area (Å²) in [6.45, 7) is 4.67. The van der Waals surface area contributed by atoms with E-state index in [1.807, 2.05) is 61.0 Å². The highest BCUT2D eigenvalue weighted by atomic mass is 16.1. The van der Waals surface area contributed by atoms with Gasteiger partial charge in [0.15, 0.2) is 0 Å². The summed E-state index contributed by atoms with van der Waals surface area (Å²) in [4.78, 5) is 16.9. The molecule has 0 aliphatic rings. The van der Waals surface area contributed by atoms with Crippen molar-refractivity contribution in [3.05, 3.63) is 95.8 Å². The number of aromatic nitrogens is 5. The zero-order valence-corrected chi connectivity index (χ0v) is 17.1.